The van der Waals surface area contributed by atoms with Gasteiger partial charge in [0.25, 0.3) is 0 Å². The van der Waals surface area contributed by atoms with Gasteiger partial charge in [-0.25, -0.2) is 28.6 Å². The van der Waals surface area contributed by atoms with E-state index in [0.717, 1.165) is 0 Å². The van der Waals surface area contributed by atoms with Crippen LogP contribution in [-0.4, -0.2) is 44.8 Å². The zero-order valence-electron chi connectivity index (χ0n) is 22.0. The van der Waals surface area contributed by atoms with Crippen molar-refractivity contribution >= 4 is 48.1 Å². The molecule has 44 heavy (non-hydrogen) atoms. The molecule has 0 saturated carbocycles. The summed E-state index contributed by atoms with van der Waals surface area (Å²) in [5.74, 6) is 2.45. The maximum atomic E-state index is 8.49. The second-order valence-electron chi connectivity index (χ2n) is 6.69. The van der Waals surface area contributed by atoms with E-state index in [9.17, 15) is 0 Å². The first kappa shape index (κ1) is 42.4. The Hall–Kier alpha value is -3.78. The fraction of sp³-hybridized carbons (Fsp3) is 0. The average molecular weight is 826 g/mol. The first-order valence-corrected chi connectivity index (χ1v) is 12.4. The van der Waals surface area contributed by atoms with E-state index < -0.39 is 10.2 Å². The Kier molecular flexibility index (Phi) is 25.8. The first-order valence-electron chi connectivity index (χ1n) is 11.2. The fourth-order valence-corrected chi connectivity index (χ4v) is 2.20. The van der Waals surface area contributed by atoms with Gasteiger partial charge in [0.1, 0.15) is 11.6 Å². The predicted molar refractivity (Wildman–Crippen MR) is 144 cm³/mol. The molecule has 0 aliphatic heterocycles. The number of anilines is 2. The third-order valence-corrected chi connectivity index (χ3v) is 3.72. The number of nitrogens with zero attached hydrogens (tertiary/aromatic N) is 10. The van der Waals surface area contributed by atoms with E-state index >= 15 is 0 Å². The summed E-state index contributed by atoms with van der Waals surface area (Å²) in [7, 11) is -4.94. The van der Waals surface area contributed by atoms with E-state index in [-0.39, 0.29) is 53.3 Å². The number of halogens is 2. The van der Waals surface area contributed by atoms with E-state index in [1.807, 2.05) is 60.7 Å². The van der Waals surface area contributed by atoms with Crippen LogP contribution in [0.2, 0.25) is 0 Å². The van der Waals surface area contributed by atoms with Crippen LogP contribution in [0, 0.1) is 10.2 Å². The standard InChI is InChI=1S/2C12H11N6.ClHO4.ClH.2Pd/c2*1-3-7-13-11(5-1)17-15-9-10-16-18-12-6-2-4-8-14-12;2-1(3,4)5;;;/h2*1-10H,(H-,13,14,17,18);(H,2,3,4,5);1H;;/q2*-1;;;2*+2/p-2/b2*15-9-,16-10+;;;;. The van der Waals surface area contributed by atoms with Gasteiger partial charge in [-0.2, -0.15) is 10.2 Å². The molecule has 4 aromatic heterocycles. The van der Waals surface area contributed by atoms with Crippen LogP contribution >= 0.6 is 0 Å². The van der Waals surface area contributed by atoms with Gasteiger partial charge in [-0.15, -0.1) is 10.2 Å². The van der Waals surface area contributed by atoms with Gasteiger partial charge < -0.3 is 33.2 Å². The van der Waals surface area contributed by atoms with E-state index in [4.69, 9.17) is 18.6 Å². The fourth-order valence-electron chi connectivity index (χ4n) is 2.20. The number of hydrogen-bond donors (Lipinski definition) is 2. The molecule has 4 rings (SSSR count). The molecule has 0 fully saturated rings. The molecule has 0 amide bonds. The molecule has 20 heteroatoms. The van der Waals surface area contributed by atoms with Crippen LogP contribution in [0.4, 0.5) is 23.3 Å². The third kappa shape index (κ3) is 24.8. The molecule has 0 radical (unpaired) electrons. The molecule has 0 spiro atoms. The van der Waals surface area contributed by atoms with Crippen molar-refractivity contribution in [3.8, 4) is 0 Å². The maximum Gasteiger partial charge on any atom is 2.00 e. The number of pyridine rings is 4. The van der Waals surface area contributed by atoms with Gasteiger partial charge in [-0.05, 0) is 35.9 Å². The van der Waals surface area contributed by atoms with E-state index in [1.165, 1.54) is 24.9 Å². The molecule has 2 N–H and O–H groups in total. The van der Waals surface area contributed by atoms with Crippen molar-refractivity contribution in [2.75, 3.05) is 10.9 Å². The van der Waals surface area contributed by atoms with Crippen molar-refractivity contribution in [2.45, 2.75) is 0 Å². The van der Waals surface area contributed by atoms with Gasteiger partial charge in [-0.1, -0.05) is 60.9 Å². The van der Waals surface area contributed by atoms with Crippen molar-refractivity contribution in [3.63, 3.8) is 0 Å². The van der Waals surface area contributed by atoms with Crippen LogP contribution in [0.15, 0.2) is 118 Å². The zero-order valence-corrected chi connectivity index (χ0v) is 26.7. The summed E-state index contributed by atoms with van der Waals surface area (Å²) in [6, 6.07) is 21.9. The van der Waals surface area contributed by atoms with Crippen molar-refractivity contribution in [1.82, 2.24) is 19.9 Å². The minimum absolute atomic E-state index is 0. The second-order valence-corrected chi connectivity index (χ2v) is 7.45. The molecule has 0 aromatic carbocycles. The quantitative estimate of drug-likeness (QED) is 0.0958. The van der Waals surface area contributed by atoms with Crippen LogP contribution in [0.5, 0.6) is 0 Å². The van der Waals surface area contributed by atoms with Gasteiger partial charge >= 0.3 is 40.8 Å². The summed E-state index contributed by atoms with van der Waals surface area (Å²) < 4.78 is 34.0. The summed E-state index contributed by atoms with van der Waals surface area (Å²) in [5, 5.41) is 15.4. The Bertz CT molecular complexity index is 1140. The molecule has 4 aromatic rings. The van der Waals surface area contributed by atoms with Crippen LogP contribution in [-0.2, 0) is 40.8 Å². The van der Waals surface area contributed by atoms with Crippen LogP contribution in [0.1, 0.15) is 0 Å². The van der Waals surface area contributed by atoms with Gasteiger partial charge in [0.2, 0.25) is 0 Å². The summed E-state index contributed by atoms with van der Waals surface area (Å²) >= 11 is 0. The molecular formula is C24H22Cl2N12O4Pd2. The van der Waals surface area contributed by atoms with Crippen molar-refractivity contribution in [1.29, 1.82) is 0 Å². The molecule has 0 atom stereocenters. The van der Waals surface area contributed by atoms with Gasteiger partial charge in [-0.3, -0.25) is 21.1 Å². The third-order valence-electron chi connectivity index (χ3n) is 3.72. The Morgan fingerprint density at radius 2 is 0.886 bits per heavy atom. The minimum Gasteiger partial charge on any atom is -1.00 e. The van der Waals surface area contributed by atoms with E-state index in [1.54, 1.807) is 36.9 Å². The Labute approximate surface area is 288 Å². The molecule has 0 bridgehead atoms. The Balaban J connectivity index is 0. The Morgan fingerprint density at radius 3 is 1.18 bits per heavy atom. The molecule has 0 aliphatic carbocycles. The topological polar surface area (TPSA) is 246 Å². The van der Waals surface area contributed by atoms with Crippen LogP contribution in [0.25, 0.3) is 10.9 Å². The number of aromatic nitrogens is 4. The van der Waals surface area contributed by atoms with E-state index in [2.05, 4.69) is 62.0 Å². The maximum absolute atomic E-state index is 8.49. The molecule has 0 aliphatic rings. The van der Waals surface area contributed by atoms with Gasteiger partial charge in [0.05, 0.1) is 12.4 Å². The molecule has 0 saturated heterocycles. The van der Waals surface area contributed by atoms with Crippen molar-refractivity contribution in [3.05, 3.63) is 108 Å². The summed E-state index contributed by atoms with van der Waals surface area (Å²) in [4.78, 5) is 16.1. The smallest absolute Gasteiger partial charge is 1.00 e. The monoisotopic (exact) mass is 824 g/mol. The normalized spacial score (nSPS) is 10.3. The molecule has 236 valence electrons. The number of rotatable bonds is 10. The number of nitrogens with one attached hydrogen (secondary N) is 2. The summed E-state index contributed by atoms with van der Waals surface area (Å²) in [5.41, 5.74) is 13.3. The van der Waals surface area contributed by atoms with Gasteiger partial charge in [0.15, 0.2) is 0 Å². The second kappa shape index (κ2) is 26.8. The minimum atomic E-state index is -4.94. The van der Waals surface area contributed by atoms with Crippen LogP contribution in [0.3, 0.4) is 0 Å². The zero-order chi connectivity index (χ0) is 29.4. The van der Waals surface area contributed by atoms with E-state index in [0.29, 0.717) is 23.3 Å². The Morgan fingerprint density at radius 1 is 0.545 bits per heavy atom. The number of hydrogen-bond acceptors (Lipinski definition) is 14. The van der Waals surface area contributed by atoms with Gasteiger partial charge in [0, 0.05) is 24.8 Å². The number of hydrazone groups is 2. The average Bonchev–Trinajstić information content (AvgIpc) is 2.98. The molecular weight excluding hydrogens is 804 g/mol. The SMILES string of the molecule is C(/C=N/Nc1ccccn1)=N/[N-]c1ccccn1.C(/C=N/Nc1ccccn1)=N/[N-]c1ccccn1.[Cl-].[O-][Cl+3]([O-])([O-])[O-].[Pd+2].[Pd+2]. The molecule has 16 nitrogen and oxygen atoms in total. The predicted octanol–water partition coefficient (Wildman–Crippen LogP) is -2.63. The summed E-state index contributed by atoms with van der Waals surface area (Å²) in [6.45, 7) is 0. The molecule has 0 unspecified atom stereocenters. The first-order chi connectivity index (χ1) is 19.9. The van der Waals surface area contributed by atoms with Crippen molar-refractivity contribution < 1.29 is 82.1 Å². The molecule has 4 heterocycles. The summed E-state index contributed by atoms with van der Waals surface area (Å²) in [6.07, 6.45) is 12.6. The van der Waals surface area contributed by atoms with Crippen molar-refractivity contribution in [2.24, 2.45) is 20.4 Å². The van der Waals surface area contributed by atoms with Crippen LogP contribution < -0.4 is 41.9 Å². The largest absolute Gasteiger partial charge is 2.00 e.